The van der Waals surface area contributed by atoms with Crippen LogP contribution in [0.3, 0.4) is 0 Å². The van der Waals surface area contributed by atoms with Gasteiger partial charge >= 0.3 is 0 Å². The molecule has 1 heterocycles. The zero-order valence-electron chi connectivity index (χ0n) is 7.74. The number of benzene rings is 1. The van der Waals surface area contributed by atoms with E-state index in [1.54, 1.807) is 13.3 Å². The van der Waals surface area contributed by atoms with E-state index in [4.69, 9.17) is 4.74 Å². The van der Waals surface area contributed by atoms with Gasteiger partial charge in [0, 0.05) is 11.6 Å². The Morgan fingerprint density at radius 2 is 2.08 bits per heavy atom. The first kappa shape index (κ1) is 8.05. The third kappa shape index (κ3) is 1.24. The Morgan fingerprint density at radius 1 is 1.23 bits per heavy atom. The number of hydrogen-bond acceptors (Lipinski definition) is 2. The first-order chi connectivity index (χ1) is 6.33. The largest absolute Gasteiger partial charge is 0.496 e. The summed E-state index contributed by atoms with van der Waals surface area (Å²) in [5, 5.41) is 1.07. The van der Waals surface area contributed by atoms with Crippen molar-refractivity contribution in [2.45, 2.75) is 6.92 Å². The number of aromatic nitrogens is 1. The Morgan fingerprint density at radius 3 is 2.85 bits per heavy atom. The number of pyridine rings is 1. The summed E-state index contributed by atoms with van der Waals surface area (Å²) in [5.74, 6) is 0.883. The number of hydrogen-bond donors (Lipinski definition) is 0. The van der Waals surface area contributed by atoms with Gasteiger partial charge in [0.1, 0.15) is 5.75 Å². The molecule has 0 bridgehead atoms. The molecule has 0 aliphatic rings. The van der Waals surface area contributed by atoms with Crippen molar-refractivity contribution in [1.29, 1.82) is 0 Å². The highest BCUT2D eigenvalue weighted by Crippen LogP contribution is 2.24. The van der Waals surface area contributed by atoms with Crippen molar-refractivity contribution < 1.29 is 4.74 Å². The number of fused-ring (bicyclic) bond motifs is 1. The van der Waals surface area contributed by atoms with E-state index < -0.39 is 0 Å². The molecule has 0 N–H and O–H groups in total. The summed E-state index contributed by atoms with van der Waals surface area (Å²) >= 11 is 0. The molecule has 2 nitrogen and oxygen atoms in total. The molecular formula is C11H11NO. The molecule has 13 heavy (non-hydrogen) atoms. The van der Waals surface area contributed by atoms with Crippen LogP contribution in [-0.2, 0) is 0 Å². The van der Waals surface area contributed by atoms with Crippen molar-refractivity contribution >= 4 is 10.9 Å². The predicted octanol–water partition coefficient (Wildman–Crippen LogP) is 2.55. The van der Waals surface area contributed by atoms with Gasteiger partial charge in [-0.25, -0.2) is 0 Å². The maximum atomic E-state index is 5.24. The van der Waals surface area contributed by atoms with Crippen LogP contribution in [0.4, 0.5) is 0 Å². The van der Waals surface area contributed by atoms with Crippen molar-refractivity contribution in [1.82, 2.24) is 4.98 Å². The van der Waals surface area contributed by atoms with Crippen LogP contribution in [0.2, 0.25) is 0 Å². The molecule has 0 fully saturated rings. The van der Waals surface area contributed by atoms with Gasteiger partial charge in [-0.3, -0.25) is 4.98 Å². The fraction of sp³-hybridized carbons (Fsp3) is 0.182. The van der Waals surface area contributed by atoms with E-state index in [2.05, 4.69) is 18.0 Å². The Bertz CT molecular complexity index is 437. The van der Waals surface area contributed by atoms with Crippen LogP contribution in [0.15, 0.2) is 30.5 Å². The zero-order valence-corrected chi connectivity index (χ0v) is 7.74. The molecule has 1 aromatic heterocycles. The highest BCUT2D eigenvalue weighted by Gasteiger charge is 2.02. The van der Waals surface area contributed by atoms with Gasteiger partial charge in [0.2, 0.25) is 0 Å². The van der Waals surface area contributed by atoms with Gasteiger partial charge in [0.15, 0.2) is 0 Å². The maximum absolute atomic E-state index is 5.24. The second kappa shape index (κ2) is 3.05. The van der Waals surface area contributed by atoms with E-state index >= 15 is 0 Å². The lowest BCUT2D eigenvalue weighted by Gasteiger charge is -2.05. The van der Waals surface area contributed by atoms with E-state index in [9.17, 15) is 0 Å². The molecule has 0 radical (unpaired) electrons. The van der Waals surface area contributed by atoms with Gasteiger partial charge in [-0.1, -0.05) is 12.1 Å². The average Bonchev–Trinajstić information content (AvgIpc) is 2.18. The molecule has 0 saturated heterocycles. The highest BCUT2D eigenvalue weighted by atomic mass is 16.5. The maximum Gasteiger partial charge on any atom is 0.129 e. The van der Waals surface area contributed by atoms with Crippen molar-refractivity contribution in [2.24, 2.45) is 0 Å². The Hall–Kier alpha value is -1.57. The van der Waals surface area contributed by atoms with Crippen LogP contribution in [-0.4, -0.2) is 12.1 Å². The third-order valence-electron chi connectivity index (χ3n) is 2.15. The summed E-state index contributed by atoms with van der Waals surface area (Å²) in [5.41, 5.74) is 2.19. The van der Waals surface area contributed by atoms with Crippen LogP contribution in [0.5, 0.6) is 5.75 Å². The first-order valence-corrected chi connectivity index (χ1v) is 4.21. The van der Waals surface area contributed by atoms with Crippen LogP contribution in [0.25, 0.3) is 10.9 Å². The van der Waals surface area contributed by atoms with Crippen molar-refractivity contribution in [2.75, 3.05) is 7.11 Å². The van der Waals surface area contributed by atoms with Gasteiger partial charge in [0.25, 0.3) is 0 Å². The summed E-state index contributed by atoms with van der Waals surface area (Å²) in [4.78, 5) is 4.31. The van der Waals surface area contributed by atoms with Gasteiger partial charge < -0.3 is 4.74 Å². The molecule has 2 heteroatoms. The predicted molar refractivity (Wildman–Crippen MR) is 53.0 cm³/mol. The fourth-order valence-electron chi connectivity index (χ4n) is 1.48. The molecule has 66 valence electrons. The van der Waals surface area contributed by atoms with Crippen LogP contribution in [0, 0.1) is 6.92 Å². The van der Waals surface area contributed by atoms with Crippen LogP contribution in [0.1, 0.15) is 5.56 Å². The van der Waals surface area contributed by atoms with Crippen molar-refractivity contribution in [3.63, 3.8) is 0 Å². The minimum Gasteiger partial charge on any atom is -0.496 e. The smallest absolute Gasteiger partial charge is 0.129 e. The Kier molecular flexibility index (Phi) is 1.89. The van der Waals surface area contributed by atoms with Gasteiger partial charge in [-0.05, 0) is 24.6 Å². The number of rotatable bonds is 1. The molecule has 1 aromatic carbocycles. The highest BCUT2D eigenvalue weighted by molar-refractivity contribution is 5.87. The summed E-state index contributed by atoms with van der Waals surface area (Å²) in [6.07, 6.45) is 1.77. The Labute approximate surface area is 77.2 Å². The van der Waals surface area contributed by atoms with E-state index in [1.165, 1.54) is 5.56 Å². The van der Waals surface area contributed by atoms with E-state index in [0.29, 0.717) is 0 Å². The number of methoxy groups -OCH3 is 1. The second-order valence-electron chi connectivity index (χ2n) is 2.98. The number of nitrogens with zero attached hydrogens (tertiary/aromatic N) is 1. The molecule has 0 aliphatic carbocycles. The van der Waals surface area contributed by atoms with E-state index in [0.717, 1.165) is 16.7 Å². The lowest BCUT2D eigenvalue weighted by molar-refractivity contribution is 0.419. The number of aryl methyl sites for hydroxylation is 1. The summed E-state index contributed by atoms with van der Waals surface area (Å²) in [6.45, 7) is 2.05. The fourth-order valence-corrected chi connectivity index (χ4v) is 1.48. The standard InChI is InChI=1S/C11H11NO/c1-8-4-3-5-9-10(13-2)6-7-12-11(8)9/h3-7H,1-2H3. The minimum absolute atomic E-state index is 0.883. The molecule has 0 atom stereocenters. The monoisotopic (exact) mass is 173 g/mol. The SMILES string of the molecule is COc1ccnc2c(C)cccc12. The normalized spacial score (nSPS) is 10.3. The van der Waals surface area contributed by atoms with Crippen molar-refractivity contribution in [3.05, 3.63) is 36.0 Å². The second-order valence-corrected chi connectivity index (χ2v) is 2.98. The summed E-state index contributed by atoms with van der Waals surface area (Å²) in [6, 6.07) is 7.96. The minimum atomic E-state index is 0.883. The molecule has 0 amide bonds. The van der Waals surface area contributed by atoms with Gasteiger partial charge in [-0.2, -0.15) is 0 Å². The lowest BCUT2D eigenvalue weighted by atomic mass is 10.1. The first-order valence-electron chi connectivity index (χ1n) is 4.21. The van der Waals surface area contributed by atoms with Crippen LogP contribution < -0.4 is 4.74 Å². The van der Waals surface area contributed by atoms with Gasteiger partial charge in [0.05, 0.1) is 12.6 Å². The average molecular weight is 173 g/mol. The number of para-hydroxylation sites is 1. The topological polar surface area (TPSA) is 22.1 Å². The molecule has 0 unspecified atom stereocenters. The molecular weight excluding hydrogens is 162 g/mol. The third-order valence-corrected chi connectivity index (χ3v) is 2.15. The molecule has 0 saturated carbocycles. The molecule has 2 aromatic rings. The number of ether oxygens (including phenoxy) is 1. The zero-order chi connectivity index (χ0) is 9.26. The summed E-state index contributed by atoms with van der Waals surface area (Å²) in [7, 11) is 1.68. The summed E-state index contributed by atoms with van der Waals surface area (Å²) < 4.78 is 5.24. The molecule has 0 spiro atoms. The molecule has 0 aliphatic heterocycles. The quantitative estimate of drug-likeness (QED) is 0.661. The van der Waals surface area contributed by atoms with E-state index in [1.807, 2.05) is 18.2 Å². The van der Waals surface area contributed by atoms with Crippen LogP contribution >= 0.6 is 0 Å². The van der Waals surface area contributed by atoms with E-state index in [-0.39, 0.29) is 0 Å². The Balaban J connectivity index is 2.84. The van der Waals surface area contributed by atoms with Crippen molar-refractivity contribution in [3.8, 4) is 5.75 Å². The molecule has 2 rings (SSSR count). The lowest BCUT2D eigenvalue weighted by Crippen LogP contribution is -1.88. The van der Waals surface area contributed by atoms with Gasteiger partial charge in [-0.15, -0.1) is 0 Å².